The topological polar surface area (TPSA) is 124 Å². The van der Waals surface area contributed by atoms with Crippen molar-refractivity contribution in [3.8, 4) is 12.3 Å². The molecule has 2 saturated heterocycles. The third-order valence-corrected chi connectivity index (χ3v) is 6.45. The molecule has 0 unspecified atom stereocenters. The summed E-state index contributed by atoms with van der Waals surface area (Å²) < 4.78 is 23.5. The molecule has 2 fully saturated rings. The number of hydrogen-bond acceptors (Lipinski definition) is 7. The average molecular weight is 559 g/mol. The number of halogens is 1. The number of nitrogens with one attached hydrogen (secondary N) is 2. The minimum Gasteiger partial charge on any atom is -0.445 e. The Bertz CT molecular complexity index is 1110. The molecular weight excluding hydrogens is 523 g/mol. The van der Waals surface area contributed by atoms with Crippen LogP contribution in [0.1, 0.15) is 18.4 Å². The summed E-state index contributed by atoms with van der Waals surface area (Å²) in [5, 5.41) is 8.35. The highest BCUT2D eigenvalue weighted by Gasteiger charge is 2.50. The molecule has 0 saturated carbocycles. The molecular formula is C27H35FN6O6. The zero-order valence-electron chi connectivity index (χ0n) is 22.5. The molecule has 3 rings (SSSR count). The highest BCUT2D eigenvalue weighted by Crippen LogP contribution is 2.27. The maximum atomic E-state index is 13.5. The lowest BCUT2D eigenvalue weighted by molar-refractivity contribution is -0.187. The van der Waals surface area contributed by atoms with Crippen molar-refractivity contribution < 1.29 is 33.0 Å². The van der Waals surface area contributed by atoms with Crippen LogP contribution in [0.5, 0.6) is 0 Å². The molecule has 40 heavy (non-hydrogen) atoms. The number of benzene rings is 1. The molecule has 0 aromatic heterocycles. The summed E-state index contributed by atoms with van der Waals surface area (Å²) in [7, 11) is 1.62. The Kier molecular flexibility index (Phi) is 11.3. The van der Waals surface area contributed by atoms with Gasteiger partial charge in [-0.25, -0.2) is 24.0 Å². The van der Waals surface area contributed by atoms with E-state index in [2.05, 4.69) is 23.1 Å². The first-order valence-corrected chi connectivity index (χ1v) is 12.9. The van der Waals surface area contributed by atoms with Crippen molar-refractivity contribution in [1.29, 1.82) is 0 Å². The number of piperazine rings is 1. The van der Waals surface area contributed by atoms with Gasteiger partial charge in [0.25, 0.3) is 0 Å². The number of likely N-dealkylation sites (N-methyl/N-ethyl adjacent to an activating group) is 1. The third-order valence-electron chi connectivity index (χ3n) is 6.45. The van der Waals surface area contributed by atoms with E-state index in [0.29, 0.717) is 12.0 Å². The summed E-state index contributed by atoms with van der Waals surface area (Å²) in [6.07, 6.45) is 5.93. The van der Waals surface area contributed by atoms with Gasteiger partial charge in [-0.05, 0) is 30.5 Å². The molecule has 2 heterocycles. The molecule has 2 atom stereocenters. The minimum absolute atomic E-state index is 0.0696. The molecule has 0 bridgehead atoms. The van der Waals surface area contributed by atoms with Crippen molar-refractivity contribution in [2.24, 2.45) is 0 Å². The second-order valence-corrected chi connectivity index (χ2v) is 9.24. The van der Waals surface area contributed by atoms with Gasteiger partial charge in [-0.1, -0.05) is 30.7 Å². The second kappa shape index (κ2) is 14.9. The summed E-state index contributed by atoms with van der Waals surface area (Å²) in [6, 6.07) is 4.42. The van der Waals surface area contributed by atoms with Gasteiger partial charge < -0.3 is 29.9 Å². The smallest absolute Gasteiger partial charge is 0.407 e. The summed E-state index contributed by atoms with van der Waals surface area (Å²) in [5.41, 5.74) is 0.699. The number of rotatable bonds is 12. The lowest BCUT2D eigenvalue weighted by Gasteiger charge is -2.54. The number of carbonyl (C=O) groups is 4. The van der Waals surface area contributed by atoms with Crippen molar-refractivity contribution in [2.75, 3.05) is 53.0 Å². The summed E-state index contributed by atoms with van der Waals surface area (Å²) >= 11 is 0. The Labute approximate surface area is 233 Å². The Morgan fingerprint density at radius 2 is 2.00 bits per heavy atom. The van der Waals surface area contributed by atoms with Gasteiger partial charge in [0.15, 0.2) is 0 Å². The van der Waals surface area contributed by atoms with Crippen LogP contribution >= 0.6 is 0 Å². The predicted octanol–water partition coefficient (Wildman–Crippen LogP) is 0.905. The highest BCUT2D eigenvalue weighted by molar-refractivity contribution is 5.91. The number of urea groups is 1. The first-order chi connectivity index (χ1) is 19.3. The van der Waals surface area contributed by atoms with Crippen LogP contribution in [-0.4, -0.2) is 109 Å². The van der Waals surface area contributed by atoms with Crippen LogP contribution in [0.2, 0.25) is 0 Å². The molecule has 5 amide bonds. The third kappa shape index (κ3) is 7.93. The molecule has 13 heteroatoms. The largest absolute Gasteiger partial charge is 0.445 e. The van der Waals surface area contributed by atoms with Gasteiger partial charge in [-0.2, -0.15) is 0 Å². The van der Waals surface area contributed by atoms with Crippen molar-refractivity contribution in [2.45, 2.75) is 31.6 Å². The molecule has 2 N–H and O–H groups in total. The lowest BCUT2D eigenvalue weighted by atomic mass is 10.0. The summed E-state index contributed by atoms with van der Waals surface area (Å²) in [6.45, 7) is 4.38. The van der Waals surface area contributed by atoms with Gasteiger partial charge in [-0.3, -0.25) is 9.59 Å². The van der Waals surface area contributed by atoms with Crippen molar-refractivity contribution in [3.63, 3.8) is 0 Å². The van der Waals surface area contributed by atoms with Crippen molar-refractivity contribution >= 4 is 23.9 Å². The fourth-order valence-electron chi connectivity index (χ4n) is 4.62. The standard InChI is InChI=1S/C27H35FN6O6/c1-4-14-39-16-13-32-18-23-33(22(25(32)36)7-6-12-29-27(38)40-15-5-2)24(35)19-31(3)34(23)26(37)30-17-20-8-10-21(28)11-9-20/h1,5,8-11,22-23H,2,6-7,12-19H2,3H3,(H,29,38)(H,30,37)/t22-,23-/m0/s1. The second-order valence-electron chi connectivity index (χ2n) is 9.24. The average Bonchev–Trinajstić information content (AvgIpc) is 2.93. The molecule has 0 aliphatic carbocycles. The Hall–Kier alpha value is -4.15. The van der Waals surface area contributed by atoms with E-state index < -0.39 is 24.3 Å². The molecule has 0 spiro atoms. The maximum Gasteiger partial charge on any atom is 0.407 e. The molecule has 12 nitrogen and oxygen atoms in total. The van der Waals surface area contributed by atoms with E-state index in [-0.39, 0.29) is 76.6 Å². The first kappa shape index (κ1) is 30.4. The van der Waals surface area contributed by atoms with Gasteiger partial charge >= 0.3 is 12.1 Å². The quantitative estimate of drug-likeness (QED) is 0.222. The maximum absolute atomic E-state index is 13.5. The first-order valence-electron chi connectivity index (χ1n) is 12.9. The van der Waals surface area contributed by atoms with Crippen LogP contribution in [0.15, 0.2) is 36.9 Å². The van der Waals surface area contributed by atoms with Gasteiger partial charge in [0.2, 0.25) is 11.8 Å². The monoisotopic (exact) mass is 558 g/mol. The van der Waals surface area contributed by atoms with Gasteiger partial charge in [0.05, 0.1) is 19.7 Å². The molecule has 2 aliphatic rings. The van der Waals surface area contributed by atoms with Crippen LogP contribution < -0.4 is 10.6 Å². The van der Waals surface area contributed by atoms with E-state index >= 15 is 0 Å². The number of alkyl carbamates (subject to hydrolysis) is 1. The van der Waals surface area contributed by atoms with E-state index in [4.69, 9.17) is 15.9 Å². The molecule has 1 aromatic carbocycles. The summed E-state index contributed by atoms with van der Waals surface area (Å²) in [5.74, 6) is 1.42. The number of carbonyl (C=O) groups excluding carboxylic acids is 4. The number of hydrogen-bond donors (Lipinski definition) is 2. The van der Waals surface area contributed by atoms with Gasteiger partial charge in [0, 0.05) is 26.7 Å². The zero-order valence-corrected chi connectivity index (χ0v) is 22.5. The highest BCUT2D eigenvalue weighted by atomic mass is 19.1. The number of fused-ring (bicyclic) bond motifs is 1. The van der Waals surface area contributed by atoms with Gasteiger partial charge in [-0.15, -0.1) is 6.42 Å². The van der Waals surface area contributed by atoms with Gasteiger partial charge in [0.1, 0.15) is 31.2 Å². The fraction of sp³-hybridized carbons (Fsp3) is 0.481. The number of ether oxygens (including phenoxy) is 2. The Balaban J connectivity index is 1.75. The van der Waals surface area contributed by atoms with Crippen LogP contribution in [0.25, 0.3) is 0 Å². The number of amides is 5. The van der Waals surface area contributed by atoms with Crippen LogP contribution in [0.4, 0.5) is 14.0 Å². The fourth-order valence-corrected chi connectivity index (χ4v) is 4.62. The van der Waals surface area contributed by atoms with Crippen molar-refractivity contribution in [3.05, 3.63) is 48.3 Å². The molecule has 0 radical (unpaired) electrons. The number of hydrazine groups is 1. The number of terminal acetylenes is 1. The van der Waals surface area contributed by atoms with E-state index in [1.165, 1.54) is 33.1 Å². The van der Waals surface area contributed by atoms with E-state index in [0.717, 1.165) is 0 Å². The van der Waals surface area contributed by atoms with Crippen LogP contribution in [0.3, 0.4) is 0 Å². The zero-order chi connectivity index (χ0) is 29.1. The van der Waals surface area contributed by atoms with E-state index in [1.54, 1.807) is 24.1 Å². The van der Waals surface area contributed by atoms with E-state index in [9.17, 15) is 23.6 Å². The minimum atomic E-state index is -0.856. The van der Waals surface area contributed by atoms with Crippen LogP contribution in [0, 0.1) is 18.2 Å². The normalized spacial score (nSPS) is 19.1. The molecule has 1 aromatic rings. The Morgan fingerprint density at radius 3 is 2.70 bits per heavy atom. The lowest BCUT2D eigenvalue weighted by Crippen LogP contribution is -2.76. The molecule has 216 valence electrons. The number of nitrogens with zero attached hydrogens (tertiary/aromatic N) is 4. The van der Waals surface area contributed by atoms with Crippen LogP contribution in [-0.2, 0) is 25.6 Å². The summed E-state index contributed by atoms with van der Waals surface area (Å²) in [4.78, 5) is 54.8. The van der Waals surface area contributed by atoms with E-state index in [1.807, 2.05) is 0 Å². The predicted molar refractivity (Wildman–Crippen MR) is 143 cm³/mol. The SMILES string of the molecule is C#CCOCCN1C[C@H]2N(C(=O)CN(C)N2C(=O)NCc2ccc(F)cc2)[C@@H](CCCNC(=O)OCC=C)C1=O. The molecule has 2 aliphatic heterocycles. The van der Waals surface area contributed by atoms with Crippen molar-refractivity contribution in [1.82, 2.24) is 30.5 Å². The Morgan fingerprint density at radius 1 is 1.25 bits per heavy atom.